The van der Waals surface area contributed by atoms with Crippen LogP contribution in [0.1, 0.15) is 27.2 Å². The summed E-state index contributed by atoms with van der Waals surface area (Å²) in [6.07, 6.45) is -5.61. The van der Waals surface area contributed by atoms with E-state index in [4.69, 9.17) is 15.3 Å². The third-order valence-corrected chi connectivity index (χ3v) is 2.82. The van der Waals surface area contributed by atoms with Gasteiger partial charge in [0.25, 0.3) is 0 Å². The number of carbonyl (C=O) groups is 3. The van der Waals surface area contributed by atoms with Crippen molar-refractivity contribution in [3.8, 4) is 0 Å². The van der Waals surface area contributed by atoms with Gasteiger partial charge in [0, 0.05) is 6.42 Å². The fourth-order valence-corrected chi connectivity index (χ4v) is 1.45. The van der Waals surface area contributed by atoms with Crippen molar-refractivity contribution in [3.05, 3.63) is 0 Å². The van der Waals surface area contributed by atoms with Crippen molar-refractivity contribution < 1.29 is 32.3 Å². The Morgan fingerprint density at radius 1 is 1.45 bits per heavy atom. The molecule has 1 saturated heterocycles. The highest BCUT2D eigenvalue weighted by Gasteiger charge is 2.41. The molecule has 1 aliphatic rings. The highest BCUT2D eigenvalue weighted by molar-refractivity contribution is 5.90. The van der Waals surface area contributed by atoms with Crippen LogP contribution in [0.25, 0.3) is 0 Å². The van der Waals surface area contributed by atoms with E-state index in [1.54, 1.807) is 6.92 Å². The number of aldehydes is 1. The first kappa shape index (κ1) is 18.6. The second-order valence-corrected chi connectivity index (χ2v) is 4.85. The molecule has 0 bridgehead atoms. The molecule has 1 rings (SSSR count). The average Bonchev–Trinajstić information content (AvgIpc) is 2.34. The van der Waals surface area contributed by atoms with Crippen molar-refractivity contribution in [1.29, 1.82) is 0 Å². The zero-order valence-electron chi connectivity index (χ0n) is 11.4. The topological polar surface area (TPSA) is 86.5 Å². The quantitative estimate of drug-likeness (QED) is 0.623. The van der Waals surface area contributed by atoms with Crippen LogP contribution in [0.3, 0.4) is 0 Å². The van der Waals surface area contributed by atoms with Crippen LogP contribution < -0.4 is 5.73 Å². The van der Waals surface area contributed by atoms with Crippen molar-refractivity contribution in [3.63, 3.8) is 0 Å². The second-order valence-electron chi connectivity index (χ2n) is 4.85. The van der Waals surface area contributed by atoms with E-state index in [1.807, 2.05) is 13.8 Å². The lowest BCUT2D eigenvalue weighted by atomic mass is 9.88. The number of esters is 1. The van der Waals surface area contributed by atoms with Crippen LogP contribution in [-0.2, 0) is 19.1 Å². The number of carbonyl (C=O) groups excluding carboxylic acids is 3. The van der Waals surface area contributed by atoms with E-state index in [0.29, 0.717) is 0 Å². The van der Waals surface area contributed by atoms with E-state index in [2.05, 4.69) is 0 Å². The van der Waals surface area contributed by atoms with Crippen LogP contribution in [0.4, 0.5) is 13.2 Å². The summed E-state index contributed by atoms with van der Waals surface area (Å²) in [5.74, 6) is -0.475. The molecule has 20 heavy (non-hydrogen) atoms. The van der Waals surface area contributed by atoms with Gasteiger partial charge in [0.1, 0.15) is 12.0 Å². The third-order valence-electron chi connectivity index (χ3n) is 2.82. The fraction of sp³-hybridized carbons (Fsp3) is 0.750. The Morgan fingerprint density at radius 3 is 2.15 bits per heavy atom. The number of hydrogen-bond acceptors (Lipinski definition) is 5. The van der Waals surface area contributed by atoms with Gasteiger partial charge in [-0.2, -0.15) is 13.2 Å². The maximum absolute atomic E-state index is 11.5. The Labute approximate surface area is 114 Å². The molecule has 1 heterocycles. The van der Waals surface area contributed by atoms with Crippen LogP contribution in [0, 0.1) is 11.8 Å². The van der Waals surface area contributed by atoms with Gasteiger partial charge in [0.05, 0.1) is 6.04 Å². The monoisotopic (exact) mass is 297 g/mol. The highest BCUT2D eigenvalue weighted by Crippen LogP contribution is 2.26. The Bertz CT molecular complexity index is 368. The van der Waals surface area contributed by atoms with Gasteiger partial charge in [-0.3, -0.25) is 14.4 Å². The van der Waals surface area contributed by atoms with Gasteiger partial charge in [0.15, 0.2) is 5.78 Å². The lowest BCUT2D eigenvalue weighted by molar-refractivity contribution is -0.183. The number of nitrogens with two attached hydrogens (primary N) is 1. The molecule has 5 nitrogen and oxygen atoms in total. The first-order valence-electron chi connectivity index (χ1n) is 6.01. The van der Waals surface area contributed by atoms with Gasteiger partial charge >= 0.3 is 12.1 Å². The van der Waals surface area contributed by atoms with Crippen LogP contribution >= 0.6 is 0 Å². The van der Waals surface area contributed by atoms with Crippen LogP contribution in [0.5, 0.6) is 0 Å². The molecule has 0 amide bonds. The van der Waals surface area contributed by atoms with Crippen LogP contribution in [0.15, 0.2) is 0 Å². The van der Waals surface area contributed by atoms with Crippen molar-refractivity contribution in [1.82, 2.24) is 0 Å². The van der Waals surface area contributed by atoms with Gasteiger partial charge in [-0.25, -0.2) is 0 Å². The minimum absolute atomic E-state index is 0.0477. The maximum Gasteiger partial charge on any atom is 0.446 e. The lowest BCUT2D eigenvalue weighted by Crippen LogP contribution is -2.47. The lowest BCUT2D eigenvalue weighted by Gasteiger charge is -2.32. The van der Waals surface area contributed by atoms with E-state index < -0.39 is 18.5 Å². The molecule has 1 aliphatic heterocycles. The summed E-state index contributed by atoms with van der Waals surface area (Å²) in [4.78, 5) is 31.2. The number of Topliss-reactive ketones (excluding diaryl/α,β-unsaturated/α-hetero) is 1. The van der Waals surface area contributed by atoms with E-state index in [9.17, 15) is 22.8 Å². The van der Waals surface area contributed by atoms with E-state index in [0.717, 1.165) is 0 Å². The molecule has 2 N–H and O–H groups in total. The SMILES string of the molecule is CC(C)[C@H](N)C(=O)C[C@@H]1C(=O)O[C@@H]1C.O=CC(F)(F)F. The van der Waals surface area contributed by atoms with E-state index in [1.165, 1.54) is 0 Å². The number of hydrogen-bond donors (Lipinski definition) is 1. The van der Waals surface area contributed by atoms with Crippen LogP contribution in [0.2, 0.25) is 0 Å². The Kier molecular flexibility index (Phi) is 6.84. The molecule has 116 valence electrons. The standard InChI is InChI=1S/C10H17NO3.C2HF3O/c1-5(2)9(11)8(12)4-7-6(3)14-10(7)13;3-2(4,5)1-6/h5-7,9H,4,11H2,1-3H3;1H/t6-,7+,9+;/m1./s1. The average molecular weight is 297 g/mol. The predicted molar refractivity (Wildman–Crippen MR) is 63.6 cm³/mol. The summed E-state index contributed by atoms with van der Waals surface area (Å²) in [6.45, 7) is 5.58. The highest BCUT2D eigenvalue weighted by atomic mass is 19.4. The van der Waals surface area contributed by atoms with Gasteiger partial charge in [-0.05, 0) is 12.8 Å². The van der Waals surface area contributed by atoms with Gasteiger partial charge in [0.2, 0.25) is 6.29 Å². The zero-order chi connectivity index (χ0) is 16.1. The number of cyclic esters (lactones) is 1. The smallest absolute Gasteiger partial charge is 0.446 e. The summed E-state index contributed by atoms with van der Waals surface area (Å²) >= 11 is 0. The van der Waals surface area contributed by atoms with E-state index in [-0.39, 0.29) is 36.1 Å². The third kappa shape index (κ3) is 6.14. The molecular formula is C12H18F3NO4. The molecular weight excluding hydrogens is 279 g/mol. The molecule has 0 saturated carbocycles. The number of ether oxygens (including phenoxy) is 1. The largest absolute Gasteiger partial charge is 0.461 e. The summed E-state index contributed by atoms with van der Waals surface area (Å²) in [7, 11) is 0. The minimum Gasteiger partial charge on any atom is -0.461 e. The first-order valence-corrected chi connectivity index (χ1v) is 6.01. The van der Waals surface area contributed by atoms with Crippen molar-refractivity contribution >= 4 is 18.0 Å². The molecule has 0 unspecified atom stereocenters. The molecule has 0 aromatic carbocycles. The number of rotatable bonds is 4. The number of ketones is 1. The normalized spacial score (nSPS) is 23.1. The predicted octanol–water partition coefficient (Wildman–Crippen LogP) is 1.24. The summed E-state index contributed by atoms with van der Waals surface area (Å²) in [5, 5.41) is 0. The molecule has 0 spiro atoms. The Morgan fingerprint density at radius 2 is 1.90 bits per heavy atom. The Balaban J connectivity index is 0.000000511. The summed E-state index contributed by atoms with van der Waals surface area (Å²) in [5.41, 5.74) is 5.68. The first-order chi connectivity index (χ1) is 8.99. The zero-order valence-corrected chi connectivity index (χ0v) is 11.4. The molecule has 0 aliphatic carbocycles. The van der Waals surface area contributed by atoms with Crippen molar-refractivity contribution in [2.24, 2.45) is 17.6 Å². The van der Waals surface area contributed by atoms with E-state index >= 15 is 0 Å². The number of alkyl halides is 3. The summed E-state index contributed by atoms with van der Waals surface area (Å²) < 4.78 is 36.0. The second kappa shape index (κ2) is 7.37. The molecule has 1 fully saturated rings. The van der Waals surface area contributed by atoms with Crippen LogP contribution in [-0.4, -0.2) is 36.4 Å². The van der Waals surface area contributed by atoms with Gasteiger partial charge < -0.3 is 10.5 Å². The molecule has 0 aromatic rings. The van der Waals surface area contributed by atoms with Crippen molar-refractivity contribution in [2.75, 3.05) is 0 Å². The minimum atomic E-state index is -4.64. The van der Waals surface area contributed by atoms with Gasteiger partial charge in [-0.1, -0.05) is 13.8 Å². The fourth-order valence-electron chi connectivity index (χ4n) is 1.45. The maximum atomic E-state index is 11.5. The molecule has 0 radical (unpaired) electrons. The summed E-state index contributed by atoms with van der Waals surface area (Å²) in [6, 6.07) is -0.462. The number of halogens is 3. The molecule has 3 atom stereocenters. The molecule has 0 aromatic heterocycles. The van der Waals surface area contributed by atoms with Crippen molar-refractivity contribution in [2.45, 2.75) is 45.5 Å². The Hall–Kier alpha value is -1.44. The van der Waals surface area contributed by atoms with Gasteiger partial charge in [-0.15, -0.1) is 0 Å². The molecule has 8 heteroatoms.